The molecule has 5 atom stereocenters. The van der Waals surface area contributed by atoms with Crippen LogP contribution in [-0.4, -0.2) is 81.6 Å². The predicted molar refractivity (Wildman–Crippen MR) is 136 cm³/mol. The number of nitrogens with zero attached hydrogens (tertiary/aromatic N) is 3. The van der Waals surface area contributed by atoms with Gasteiger partial charge in [0, 0.05) is 46.4 Å². The van der Waals surface area contributed by atoms with Crippen LogP contribution in [0.2, 0.25) is 0 Å². The predicted octanol–water partition coefficient (Wildman–Crippen LogP) is 0.400. The zero-order chi connectivity index (χ0) is 31.1. The van der Waals surface area contributed by atoms with E-state index in [1.807, 2.05) is 0 Å². The van der Waals surface area contributed by atoms with Crippen molar-refractivity contribution >= 4 is 35.5 Å². The number of nitrogens with two attached hydrogens (primary N) is 1. The van der Waals surface area contributed by atoms with Crippen molar-refractivity contribution in [2.75, 3.05) is 6.61 Å². The van der Waals surface area contributed by atoms with E-state index >= 15 is 0 Å². The molecule has 0 saturated carbocycles. The standard InChI is InChI=1S/C25H28N4O13/c1-12(30)37-10-18-20(38-13(2)31)21(39-14(3)32)22(40-15(4)33)25(41-18)42-24-19(23(26)34)28(11-27-24)9-16-5-7-17(8-6-16)29(35)36/h5-8,11,18,20-22,25H,9-10H2,1-4H3,(H2,26,34)/t18-,20-,21+,22-,25+/m1/s1. The Labute approximate surface area is 237 Å². The van der Waals surface area contributed by atoms with Gasteiger partial charge in [-0.15, -0.1) is 0 Å². The van der Waals surface area contributed by atoms with Crippen LogP contribution < -0.4 is 10.5 Å². The molecule has 2 aromatic rings. The van der Waals surface area contributed by atoms with Crippen molar-refractivity contribution in [1.29, 1.82) is 0 Å². The number of amides is 1. The van der Waals surface area contributed by atoms with Gasteiger partial charge >= 0.3 is 23.9 Å². The van der Waals surface area contributed by atoms with E-state index in [9.17, 15) is 34.1 Å². The van der Waals surface area contributed by atoms with E-state index in [2.05, 4.69) is 4.98 Å². The number of rotatable bonds is 11. The molecule has 0 aliphatic carbocycles. The summed E-state index contributed by atoms with van der Waals surface area (Å²) in [6.07, 6.45) is -6.21. The smallest absolute Gasteiger partial charge is 0.303 e. The zero-order valence-electron chi connectivity index (χ0n) is 22.9. The van der Waals surface area contributed by atoms with Crippen molar-refractivity contribution in [3.05, 3.63) is 52.0 Å². The third-order valence-electron chi connectivity index (χ3n) is 5.71. The summed E-state index contributed by atoms with van der Waals surface area (Å²) in [7, 11) is 0. The number of hydrogen-bond donors (Lipinski definition) is 1. The van der Waals surface area contributed by atoms with Gasteiger partial charge in [0.2, 0.25) is 18.3 Å². The van der Waals surface area contributed by atoms with Crippen LogP contribution in [0.25, 0.3) is 0 Å². The van der Waals surface area contributed by atoms with Crippen LogP contribution in [0.5, 0.6) is 5.88 Å². The number of non-ortho nitro benzene ring substituents is 1. The van der Waals surface area contributed by atoms with Gasteiger partial charge in [-0.1, -0.05) is 12.1 Å². The maximum atomic E-state index is 12.4. The second kappa shape index (κ2) is 13.5. The zero-order valence-corrected chi connectivity index (χ0v) is 22.9. The Kier molecular flexibility index (Phi) is 10.1. The molecule has 0 spiro atoms. The molecule has 226 valence electrons. The number of benzene rings is 1. The molecule has 0 radical (unpaired) electrons. The lowest BCUT2D eigenvalue weighted by molar-refractivity contribution is -0.384. The molecule has 0 unspecified atom stereocenters. The third kappa shape index (κ3) is 8.00. The normalized spacial score (nSPS) is 21.5. The number of esters is 4. The number of carbonyl (C=O) groups excluding carboxylic acids is 5. The SMILES string of the molecule is CC(=O)OC[C@H]1O[C@@H](Oc2ncn(Cc3ccc([N+](=O)[O-])cc3)c2C(N)=O)[C@H](OC(C)=O)[C@@H](OC(C)=O)[C@@H]1OC(C)=O. The lowest BCUT2D eigenvalue weighted by Gasteiger charge is -2.43. The Morgan fingerprint density at radius 2 is 1.50 bits per heavy atom. The summed E-state index contributed by atoms with van der Waals surface area (Å²) in [5.41, 5.74) is 5.77. The number of primary amides is 1. The molecule has 2 heterocycles. The molecule has 1 aliphatic rings. The number of nitro groups is 1. The van der Waals surface area contributed by atoms with Gasteiger partial charge in [0.1, 0.15) is 12.7 Å². The number of hydrogen-bond acceptors (Lipinski definition) is 14. The summed E-state index contributed by atoms with van der Waals surface area (Å²) in [6, 6.07) is 5.52. The summed E-state index contributed by atoms with van der Waals surface area (Å²) in [4.78, 5) is 74.3. The van der Waals surface area contributed by atoms with Gasteiger partial charge in [-0.2, -0.15) is 0 Å². The molecule has 1 aromatic heterocycles. The van der Waals surface area contributed by atoms with Gasteiger partial charge in [0.25, 0.3) is 11.6 Å². The van der Waals surface area contributed by atoms with E-state index in [0.717, 1.165) is 27.7 Å². The van der Waals surface area contributed by atoms with Crippen LogP contribution in [0, 0.1) is 10.1 Å². The first-order chi connectivity index (χ1) is 19.8. The lowest BCUT2D eigenvalue weighted by Crippen LogP contribution is -2.63. The minimum atomic E-state index is -1.65. The molecule has 1 fully saturated rings. The molecule has 3 rings (SSSR count). The van der Waals surface area contributed by atoms with Crippen LogP contribution in [0.3, 0.4) is 0 Å². The molecule has 1 amide bonds. The highest BCUT2D eigenvalue weighted by atomic mass is 16.7. The molecule has 1 aliphatic heterocycles. The van der Waals surface area contributed by atoms with Gasteiger partial charge in [0.05, 0.1) is 11.3 Å². The van der Waals surface area contributed by atoms with Crippen LogP contribution >= 0.6 is 0 Å². The van der Waals surface area contributed by atoms with Crippen molar-refractivity contribution < 1.29 is 57.3 Å². The highest BCUT2D eigenvalue weighted by Gasteiger charge is 2.53. The van der Waals surface area contributed by atoms with Crippen molar-refractivity contribution in [3.8, 4) is 5.88 Å². The van der Waals surface area contributed by atoms with E-state index in [1.165, 1.54) is 35.2 Å². The number of carbonyl (C=O) groups is 5. The second-order valence-corrected chi connectivity index (χ2v) is 9.00. The largest absolute Gasteiger partial charge is 0.463 e. The Balaban J connectivity index is 2.00. The van der Waals surface area contributed by atoms with Crippen molar-refractivity contribution in [2.24, 2.45) is 5.73 Å². The minimum Gasteiger partial charge on any atom is -0.463 e. The maximum Gasteiger partial charge on any atom is 0.303 e. The first-order valence-electron chi connectivity index (χ1n) is 12.3. The number of ether oxygens (including phenoxy) is 6. The van der Waals surface area contributed by atoms with E-state index < -0.39 is 72.0 Å². The summed E-state index contributed by atoms with van der Waals surface area (Å²) >= 11 is 0. The van der Waals surface area contributed by atoms with Gasteiger partial charge in [-0.3, -0.25) is 34.1 Å². The van der Waals surface area contributed by atoms with Crippen molar-refractivity contribution in [1.82, 2.24) is 9.55 Å². The fourth-order valence-corrected chi connectivity index (χ4v) is 4.13. The summed E-state index contributed by atoms with van der Waals surface area (Å²) in [5, 5.41) is 10.9. The molecule has 17 heteroatoms. The third-order valence-corrected chi connectivity index (χ3v) is 5.71. The highest BCUT2D eigenvalue weighted by Crippen LogP contribution is 2.31. The molecular weight excluding hydrogens is 564 g/mol. The fourth-order valence-electron chi connectivity index (χ4n) is 4.13. The summed E-state index contributed by atoms with van der Waals surface area (Å²) < 4.78 is 34.0. The Morgan fingerprint density at radius 1 is 0.929 bits per heavy atom. The van der Waals surface area contributed by atoms with E-state index in [4.69, 9.17) is 34.2 Å². The first kappa shape index (κ1) is 31.5. The fraction of sp³-hybridized carbons (Fsp3) is 0.440. The quantitative estimate of drug-likeness (QED) is 0.161. The Morgan fingerprint density at radius 3 is 2.02 bits per heavy atom. The lowest BCUT2D eigenvalue weighted by atomic mass is 9.98. The maximum absolute atomic E-state index is 12.4. The van der Waals surface area contributed by atoms with E-state index in [0.29, 0.717) is 5.56 Å². The van der Waals surface area contributed by atoms with Crippen LogP contribution in [0.15, 0.2) is 30.6 Å². The summed E-state index contributed by atoms with van der Waals surface area (Å²) in [5.74, 6) is -4.56. The molecule has 0 bridgehead atoms. The molecule has 2 N–H and O–H groups in total. The molecule has 1 aromatic carbocycles. The molecular formula is C25H28N4O13. The molecule has 1 saturated heterocycles. The number of imidazole rings is 1. The number of aromatic nitrogens is 2. The Hall–Kier alpha value is -5.06. The van der Waals surface area contributed by atoms with Gasteiger partial charge in [-0.25, -0.2) is 4.98 Å². The Bertz CT molecular complexity index is 1360. The van der Waals surface area contributed by atoms with Gasteiger partial charge in [0.15, 0.2) is 17.9 Å². The number of nitro benzene ring substituents is 1. The molecule has 17 nitrogen and oxygen atoms in total. The van der Waals surface area contributed by atoms with Crippen LogP contribution in [0.1, 0.15) is 43.7 Å². The average Bonchev–Trinajstić information content (AvgIpc) is 3.28. The van der Waals surface area contributed by atoms with Gasteiger partial charge in [-0.05, 0) is 5.56 Å². The second-order valence-electron chi connectivity index (χ2n) is 9.00. The van der Waals surface area contributed by atoms with E-state index in [-0.39, 0.29) is 23.8 Å². The average molecular weight is 593 g/mol. The summed E-state index contributed by atoms with van der Waals surface area (Å²) in [6.45, 7) is 3.84. The minimum absolute atomic E-state index is 0.00516. The topological polar surface area (TPSA) is 228 Å². The van der Waals surface area contributed by atoms with Crippen LogP contribution in [0.4, 0.5) is 5.69 Å². The van der Waals surface area contributed by atoms with Crippen molar-refractivity contribution in [3.63, 3.8) is 0 Å². The van der Waals surface area contributed by atoms with Crippen LogP contribution in [-0.2, 0) is 49.4 Å². The first-order valence-corrected chi connectivity index (χ1v) is 12.3. The molecule has 42 heavy (non-hydrogen) atoms. The van der Waals surface area contributed by atoms with Crippen molar-refractivity contribution in [2.45, 2.75) is 64.9 Å². The van der Waals surface area contributed by atoms with Gasteiger partial charge < -0.3 is 38.7 Å². The highest BCUT2D eigenvalue weighted by molar-refractivity contribution is 5.93. The van der Waals surface area contributed by atoms with E-state index in [1.54, 1.807) is 0 Å². The monoisotopic (exact) mass is 592 g/mol.